The number of ether oxygens (including phenoxy) is 1. The van der Waals surface area contributed by atoms with Crippen molar-refractivity contribution in [1.29, 1.82) is 0 Å². The number of likely N-dealkylation sites (tertiary alicyclic amines) is 1. The maximum absolute atomic E-state index is 13.2. The molecule has 0 bridgehead atoms. The van der Waals surface area contributed by atoms with Crippen LogP contribution in [0, 0.1) is 5.92 Å². The van der Waals surface area contributed by atoms with Gasteiger partial charge in [0.2, 0.25) is 15.9 Å². The molecule has 8 nitrogen and oxygen atoms in total. The van der Waals surface area contributed by atoms with Crippen LogP contribution in [0.25, 0.3) is 0 Å². The van der Waals surface area contributed by atoms with Crippen LogP contribution >= 0.6 is 0 Å². The minimum atomic E-state index is -3.61. The van der Waals surface area contributed by atoms with Gasteiger partial charge in [-0.1, -0.05) is 0 Å². The first-order valence-corrected chi connectivity index (χ1v) is 13.3. The number of carbonyl (C=O) groups excluding carboxylic acids is 1. The van der Waals surface area contributed by atoms with Crippen LogP contribution in [0.5, 0.6) is 5.75 Å². The molecule has 0 aromatic heterocycles. The molecule has 3 heterocycles. The summed E-state index contributed by atoms with van der Waals surface area (Å²) in [4.78, 5) is 20.3. The minimum Gasteiger partial charge on any atom is -0.497 e. The first-order chi connectivity index (χ1) is 15.5. The van der Waals surface area contributed by atoms with Crippen LogP contribution in [0.3, 0.4) is 0 Å². The van der Waals surface area contributed by atoms with E-state index in [1.165, 1.54) is 30.2 Å². The fourth-order valence-electron chi connectivity index (χ4n) is 5.00. The molecule has 1 amide bonds. The maximum Gasteiger partial charge on any atom is 0.243 e. The van der Waals surface area contributed by atoms with Crippen molar-refractivity contribution in [3.05, 3.63) is 24.3 Å². The number of hydrogen-bond donors (Lipinski definition) is 0. The Hall–Kier alpha value is -1.68. The van der Waals surface area contributed by atoms with E-state index < -0.39 is 10.0 Å². The maximum atomic E-state index is 13.2. The van der Waals surface area contributed by atoms with Crippen LogP contribution in [0.2, 0.25) is 0 Å². The molecule has 0 aliphatic carbocycles. The standard InChI is InChI=1S/C23H36N4O4S/c1-31-21-6-8-22(9-7-21)32(29,30)27-12-4-5-20(19-27)23(28)26-17-15-25(16-18-26)14-13-24-10-2-3-11-24/h6-9,20H,2-5,10-19H2,1H3/t20-/m1/s1. The van der Waals surface area contributed by atoms with Gasteiger partial charge in [0.05, 0.1) is 17.9 Å². The summed E-state index contributed by atoms with van der Waals surface area (Å²) in [7, 11) is -2.06. The summed E-state index contributed by atoms with van der Waals surface area (Å²) in [6.07, 6.45) is 4.09. The predicted octanol–water partition coefficient (Wildman–Crippen LogP) is 1.34. The number of rotatable bonds is 7. The van der Waals surface area contributed by atoms with E-state index in [0.29, 0.717) is 18.7 Å². The third-order valence-corrected chi connectivity index (χ3v) is 8.93. The molecule has 3 saturated heterocycles. The zero-order valence-corrected chi connectivity index (χ0v) is 19.9. The summed E-state index contributed by atoms with van der Waals surface area (Å²) >= 11 is 0. The van der Waals surface area contributed by atoms with Crippen molar-refractivity contribution in [2.45, 2.75) is 30.6 Å². The Morgan fingerprint density at radius 1 is 0.906 bits per heavy atom. The number of nitrogens with zero attached hydrogens (tertiary/aromatic N) is 4. The molecule has 3 aliphatic heterocycles. The number of benzene rings is 1. The van der Waals surface area contributed by atoms with Crippen molar-refractivity contribution >= 4 is 15.9 Å². The van der Waals surface area contributed by atoms with Gasteiger partial charge in [0.1, 0.15) is 5.75 Å². The second-order valence-electron chi connectivity index (χ2n) is 9.09. The molecule has 0 spiro atoms. The molecule has 1 aromatic rings. The summed E-state index contributed by atoms with van der Waals surface area (Å²) in [5.41, 5.74) is 0. The number of amides is 1. The predicted molar refractivity (Wildman–Crippen MR) is 123 cm³/mol. The van der Waals surface area contributed by atoms with Gasteiger partial charge in [0.15, 0.2) is 0 Å². The highest BCUT2D eigenvalue weighted by molar-refractivity contribution is 7.89. The fraction of sp³-hybridized carbons (Fsp3) is 0.696. The van der Waals surface area contributed by atoms with E-state index in [1.807, 2.05) is 4.90 Å². The number of piperazine rings is 1. The van der Waals surface area contributed by atoms with E-state index in [9.17, 15) is 13.2 Å². The highest BCUT2D eigenvalue weighted by atomic mass is 32.2. The van der Waals surface area contributed by atoms with Crippen LogP contribution in [0.4, 0.5) is 0 Å². The van der Waals surface area contributed by atoms with Gasteiger partial charge in [-0.25, -0.2) is 8.42 Å². The highest BCUT2D eigenvalue weighted by Gasteiger charge is 2.35. The summed E-state index contributed by atoms with van der Waals surface area (Å²) in [5.74, 6) is 0.474. The fourth-order valence-corrected chi connectivity index (χ4v) is 6.52. The van der Waals surface area contributed by atoms with E-state index in [0.717, 1.165) is 45.7 Å². The Balaban J connectivity index is 1.29. The molecule has 0 N–H and O–H groups in total. The molecule has 3 fully saturated rings. The first-order valence-electron chi connectivity index (χ1n) is 11.8. The summed E-state index contributed by atoms with van der Waals surface area (Å²) in [5, 5.41) is 0. The Bertz CT molecular complexity index is 862. The normalized spacial score (nSPS) is 24.0. The lowest BCUT2D eigenvalue weighted by Gasteiger charge is -2.39. The molecule has 1 atom stereocenters. The van der Waals surface area contributed by atoms with Crippen LogP contribution in [0.15, 0.2) is 29.2 Å². The summed E-state index contributed by atoms with van der Waals surface area (Å²) in [6, 6.07) is 6.45. The van der Waals surface area contributed by atoms with Crippen LogP contribution in [-0.2, 0) is 14.8 Å². The smallest absolute Gasteiger partial charge is 0.243 e. The number of sulfonamides is 1. The second kappa shape index (κ2) is 10.5. The largest absolute Gasteiger partial charge is 0.497 e. The van der Waals surface area contributed by atoms with Crippen molar-refractivity contribution < 1.29 is 17.9 Å². The van der Waals surface area contributed by atoms with Crippen molar-refractivity contribution in [2.24, 2.45) is 5.92 Å². The Kier molecular flexibility index (Phi) is 7.70. The van der Waals surface area contributed by atoms with E-state index in [-0.39, 0.29) is 23.3 Å². The van der Waals surface area contributed by atoms with Gasteiger partial charge in [0.25, 0.3) is 0 Å². The average molecular weight is 465 g/mol. The SMILES string of the molecule is COc1ccc(S(=O)(=O)N2CCC[C@@H](C(=O)N3CCN(CCN4CCCC4)CC3)C2)cc1. The molecule has 3 aliphatic rings. The van der Waals surface area contributed by atoms with Crippen LogP contribution < -0.4 is 4.74 Å². The van der Waals surface area contributed by atoms with Gasteiger partial charge in [0, 0.05) is 52.4 Å². The molecule has 1 aromatic carbocycles. The first kappa shape index (κ1) is 23.5. The van der Waals surface area contributed by atoms with Crippen molar-refractivity contribution in [1.82, 2.24) is 19.0 Å². The molecule has 178 valence electrons. The average Bonchev–Trinajstić information content (AvgIpc) is 3.36. The number of piperidine rings is 1. The van der Waals surface area contributed by atoms with Gasteiger partial charge < -0.3 is 14.5 Å². The number of hydrogen-bond acceptors (Lipinski definition) is 6. The molecule has 9 heteroatoms. The molecule has 0 saturated carbocycles. The Labute approximate surface area is 192 Å². The lowest BCUT2D eigenvalue weighted by Crippen LogP contribution is -2.53. The number of carbonyl (C=O) groups is 1. The van der Waals surface area contributed by atoms with E-state index >= 15 is 0 Å². The molecular formula is C23H36N4O4S. The summed E-state index contributed by atoms with van der Waals surface area (Å²) in [6.45, 7) is 8.63. The summed E-state index contributed by atoms with van der Waals surface area (Å²) < 4.78 is 32.8. The molecule has 32 heavy (non-hydrogen) atoms. The third kappa shape index (κ3) is 5.44. The zero-order chi connectivity index (χ0) is 22.6. The second-order valence-corrected chi connectivity index (χ2v) is 11.0. The Morgan fingerprint density at radius 3 is 2.16 bits per heavy atom. The van der Waals surface area contributed by atoms with E-state index in [4.69, 9.17) is 4.74 Å². The minimum absolute atomic E-state index is 0.110. The van der Waals surface area contributed by atoms with Crippen molar-refractivity contribution in [3.8, 4) is 5.75 Å². The lowest BCUT2D eigenvalue weighted by molar-refractivity contribution is -0.138. The van der Waals surface area contributed by atoms with E-state index in [1.54, 1.807) is 31.4 Å². The quantitative estimate of drug-likeness (QED) is 0.606. The Morgan fingerprint density at radius 2 is 1.53 bits per heavy atom. The highest BCUT2D eigenvalue weighted by Crippen LogP contribution is 2.26. The van der Waals surface area contributed by atoms with Crippen molar-refractivity contribution in [2.75, 3.05) is 72.6 Å². The molecule has 0 unspecified atom stereocenters. The third-order valence-electron chi connectivity index (χ3n) is 7.05. The number of methoxy groups -OCH3 is 1. The van der Waals surface area contributed by atoms with Gasteiger partial charge in [-0.2, -0.15) is 4.31 Å². The van der Waals surface area contributed by atoms with Crippen LogP contribution in [0.1, 0.15) is 25.7 Å². The topological polar surface area (TPSA) is 73.4 Å². The lowest BCUT2D eigenvalue weighted by atomic mass is 9.98. The molecule has 0 radical (unpaired) electrons. The van der Waals surface area contributed by atoms with Crippen LogP contribution in [-0.4, -0.2) is 106 Å². The van der Waals surface area contributed by atoms with Gasteiger partial charge >= 0.3 is 0 Å². The van der Waals surface area contributed by atoms with Gasteiger partial charge in [-0.3, -0.25) is 9.69 Å². The molecule has 4 rings (SSSR count). The van der Waals surface area contributed by atoms with Crippen molar-refractivity contribution in [3.63, 3.8) is 0 Å². The van der Waals surface area contributed by atoms with E-state index in [2.05, 4.69) is 9.80 Å². The van der Waals surface area contributed by atoms with Gasteiger partial charge in [-0.15, -0.1) is 0 Å². The zero-order valence-electron chi connectivity index (χ0n) is 19.1. The monoisotopic (exact) mass is 464 g/mol. The van der Waals surface area contributed by atoms with Gasteiger partial charge in [-0.05, 0) is 63.0 Å². The molecular weight excluding hydrogens is 428 g/mol.